The molecular formula is C10H20ClNO2. The molecule has 0 saturated carbocycles. The number of carbonyl (C=O) groups is 1. The zero-order valence-electron chi connectivity index (χ0n) is 8.74. The lowest BCUT2D eigenvalue weighted by Crippen LogP contribution is -2.32. The molecule has 1 heterocycles. The lowest BCUT2D eigenvalue weighted by molar-refractivity contribution is -0.141. The van der Waals surface area contributed by atoms with Crippen LogP contribution in [0.25, 0.3) is 0 Å². The van der Waals surface area contributed by atoms with Gasteiger partial charge < -0.3 is 10.0 Å². The van der Waals surface area contributed by atoms with Gasteiger partial charge in [0.2, 0.25) is 0 Å². The second-order valence-corrected chi connectivity index (χ2v) is 3.93. The minimum absolute atomic E-state index is 0. The summed E-state index contributed by atoms with van der Waals surface area (Å²) in [6.07, 6.45) is 4.68. The Balaban J connectivity index is 0.00000169. The van der Waals surface area contributed by atoms with Gasteiger partial charge in [-0.15, -0.1) is 12.4 Å². The van der Waals surface area contributed by atoms with Crippen LogP contribution in [0.4, 0.5) is 0 Å². The second kappa shape index (κ2) is 7.07. The zero-order chi connectivity index (χ0) is 9.68. The van der Waals surface area contributed by atoms with Crippen LogP contribution in [-0.2, 0) is 4.79 Å². The maximum atomic E-state index is 10.6. The molecule has 0 aromatic rings. The van der Waals surface area contributed by atoms with Crippen LogP contribution in [0.1, 0.15) is 32.6 Å². The van der Waals surface area contributed by atoms with Crippen LogP contribution in [0.2, 0.25) is 0 Å². The molecule has 0 aromatic carbocycles. The van der Waals surface area contributed by atoms with E-state index in [9.17, 15) is 4.79 Å². The molecule has 1 atom stereocenters. The maximum absolute atomic E-state index is 10.6. The van der Waals surface area contributed by atoms with Crippen molar-refractivity contribution in [2.75, 3.05) is 19.6 Å². The molecule has 1 unspecified atom stereocenters. The Morgan fingerprint density at radius 2 is 1.93 bits per heavy atom. The summed E-state index contributed by atoms with van der Waals surface area (Å²) in [6.45, 7) is 5.05. The summed E-state index contributed by atoms with van der Waals surface area (Å²) < 4.78 is 0. The molecule has 0 radical (unpaired) electrons. The summed E-state index contributed by atoms with van der Waals surface area (Å²) in [5, 5.41) is 8.69. The Morgan fingerprint density at radius 3 is 2.43 bits per heavy atom. The predicted molar refractivity (Wildman–Crippen MR) is 59.0 cm³/mol. The minimum atomic E-state index is -0.669. The number of hydrogen-bond donors (Lipinski definition) is 1. The van der Waals surface area contributed by atoms with Gasteiger partial charge in [-0.2, -0.15) is 0 Å². The topological polar surface area (TPSA) is 40.5 Å². The lowest BCUT2D eigenvalue weighted by atomic mass is 10.1. The smallest absolute Gasteiger partial charge is 0.306 e. The first-order chi connectivity index (χ1) is 6.20. The van der Waals surface area contributed by atoms with Gasteiger partial charge in [0.25, 0.3) is 0 Å². The first-order valence-corrected chi connectivity index (χ1v) is 5.15. The molecule has 1 aliphatic rings. The summed E-state index contributed by atoms with van der Waals surface area (Å²) in [6, 6.07) is 0. The van der Waals surface area contributed by atoms with Crippen LogP contribution in [0.15, 0.2) is 0 Å². The molecule has 1 saturated heterocycles. The minimum Gasteiger partial charge on any atom is -0.481 e. The number of aliphatic carboxylic acids is 1. The number of nitrogens with zero attached hydrogens (tertiary/aromatic N) is 1. The van der Waals surface area contributed by atoms with Gasteiger partial charge >= 0.3 is 5.97 Å². The van der Waals surface area contributed by atoms with E-state index >= 15 is 0 Å². The lowest BCUT2D eigenvalue weighted by Gasteiger charge is -2.26. The molecule has 1 N–H and O–H groups in total. The Labute approximate surface area is 91.9 Å². The van der Waals surface area contributed by atoms with E-state index in [2.05, 4.69) is 4.90 Å². The van der Waals surface area contributed by atoms with Crippen LogP contribution in [0.3, 0.4) is 0 Å². The first kappa shape index (κ1) is 13.7. The molecule has 1 fully saturated rings. The normalized spacial score (nSPS) is 19.8. The molecular weight excluding hydrogens is 202 g/mol. The van der Waals surface area contributed by atoms with Gasteiger partial charge in [-0.3, -0.25) is 4.79 Å². The Morgan fingerprint density at radius 1 is 1.36 bits per heavy atom. The molecule has 0 bridgehead atoms. The molecule has 84 valence electrons. The van der Waals surface area contributed by atoms with E-state index in [4.69, 9.17) is 5.11 Å². The van der Waals surface area contributed by atoms with E-state index < -0.39 is 5.97 Å². The van der Waals surface area contributed by atoms with E-state index in [0.29, 0.717) is 0 Å². The van der Waals surface area contributed by atoms with Crippen LogP contribution in [0.5, 0.6) is 0 Å². The average Bonchev–Trinajstić information content (AvgIpc) is 2.15. The van der Waals surface area contributed by atoms with E-state index in [1.807, 2.05) is 0 Å². The number of rotatable bonds is 4. The van der Waals surface area contributed by atoms with Gasteiger partial charge in [0.15, 0.2) is 0 Å². The van der Waals surface area contributed by atoms with Gasteiger partial charge in [0, 0.05) is 0 Å². The molecule has 0 aromatic heterocycles. The maximum Gasteiger partial charge on any atom is 0.306 e. The summed E-state index contributed by atoms with van der Waals surface area (Å²) in [5.41, 5.74) is 0. The third-order valence-electron chi connectivity index (χ3n) is 2.75. The summed E-state index contributed by atoms with van der Waals surface area (Å²) >= 11 is 0. The number of hydrogen-bond acceptors (Lipinski definition) is 2. The highest BCUT2D eigenvalue weighted by Gasteiger charge is 2.14. The fourth-order valence-electron chi connectivity index (χ4n) is 1.68. The Hall–Kier alpha value is -0.280. The molecule has 1 rings (SSSR count). The third kappa shape index (κ3) is 4.82. The molecule has 3 nitrogen and oxygen atoms in total. The van der Waals surface area contributed by atoms with Crippen molar-refractivity contribution in [3.8, 4) is 0 Å². The van der Waals surface area contributed by atoms with Crippen LogP contribution < -0.4 is 0 Å². The number of carboxylic acids is 1. The summed E-state index contributed by atoms with van der Waals surface area (Å²) in [7, 11) is 0. The van der Waals surface area contributed by atoms with Crippen molar-refractivity contribution >= 4 is 18.4 Å². The Kier molecular flexibility index (Phi) is 6.93. The SMILES string of the molecule is CC(CCN1CCCCC1)C(=O)O.Cl. The van der Waals surface area contributed by atoms with Gasteiger partial charge in [0.05, 0.1) is 5.92 Å². The summed E-state index contributed by atoms with van der Waals surface area (Å²) in [4.78, 5) is 12.9. The molecule has 0 aliphatic carbocycles. The van der Waals surface area contributed by atoms with Gasteiger partial charge in [0.1, 0.15) is 0 Å². The fourth-order valence-corrected chi connectivity index (χ4v) is 1.68. The van der Waals surface area contributed by atoms with Crippen LogP contribution >= 0.6 is 12.4 Å². The molecule has 4 heteroatoms. The molecule has 0 spiro atoms. The Bertz CT molecular complexity index is 170. The van der Waals surface area contributed by atoms with Crippen molar-refractivity contribution in [2.24, 2.45) is 5.92 Å². The van der Waals surface area contributed by atoms with Crippen LogP contribution in [0, 0.1) is 5.92 Å². The van der Waals surface area contributed by atoms with E-state index in [-0.39, 0.29) is 18.3 Å². The highest BCUT2D eigenvalue weighted by molar-refractivity contribution is 5.85. The van der Waals surface area contributed by atoms with Crippen molar-refractivity contribution in [1.82, 2.24) is 4.90 Å². The molecule has 0 amide bonds. The monoisotopic (exact) mass is 221 g/mol. The van der Waals surface area contributed by atoms with Crippen LogP contribution in [-0.4, -0.2) is 35.6 Å². The fraction of sp³-hybridized carbons (Fsp3) is 0.900. The van der Waals surface area contributed by atoms with Gasteiger partial charge in [-0.05, 0) is 38.9 Å². The average molecular weight is 222 g/mol. The van der Waals surface area contributed by atoms with Crippen molar-refractivity contribution in [3.63, 3.8) is 0 Å². The van der Waals surface area contributed by atoms with Crippen molar-refractivity contribution in [2.45, 2.75) is 32.6 Å². The zero-order valence-corrected chi connectivity index (χ0v) is 9.55. The van der Waals surface area contributed by atoms with Gasteiger partial charge in [-0.1, -0.05) is 13.3 Å². The van der Waals surface area contributed by atoms with Crippen molar-refractivity contribution in [3.05, 3.63) is 0 Å². The number of halogens is 1. The van der Waals surface area contributed by atoms with Crippen molar-refractivity contribution in [1.29, 1.82) is 0 Å². The highest BCUT2D eigenvalue weighted by atomic mass is 35.5. The third-order valence-corrected chi connectivity index (χ3v) is 2.75. The standard InChI is InChI=1S/C10H19NO2.ClH/c1-9(10(12)13)5-8-11-6-3-2-4-7-11;/h9H,2-8H2,1H3,(H,12,13);1H. The molecule has 14 heavy (non-hydrogen) atoms. The number of likely N-dealkylation sites (tertiary alicyclic amines) is 1. The van der Waals surface area contributed by atoms with E-state index in [1.54, 1.807) is 6.92 Å². The number of carboxylic acid groups (broad SMARTS) is 1. The highest BCUT2D eigenvalue weighted by Crippen LogP contribution is 2.11. The van der Waals surface area contributed by atoms with Gasteiger partial charge in [-0.25, -0.2) is 0 Å². The second-order valence-electron chi connectivity index (χ2n) is 3.93. The summed E-state index contributed by atoms with van der Waals surface area (Å²) in [5.74, 6) is -0.862. The predicted octanol–water partition coefficient (Wildman–Crippen LogP) is 2.00. The quantitative estimate of drug-likeness (QED) is 0.790. The molecule has 1 aliphatic heterocycles. The van der Waals surface area contributed by atoms with E-state index in [1.165, 1.54) is 19.3 Å². The largest absolute Gasteiger partial charge is 0.481 e. The van der Waals surface area contributed by atoms with E-state index in [0.717, 1.165) is 26.1 Å². The first-order valence-electron chi connectivity index (χ1n) is 5.15. The number of piperidine rings is 1. The van der Waals surface area contributed by atoms with Crippen molar-refractivity contribution < 1.29 is 9.90 Å².